The van der Waals surface area contributed by atoms with Gasteiger partial charge in [0.05, 0.1) is 6.04 Å². The van der Waals surface area contributed by atoms with Crippen molar-refractivity contribution in [2.24, 2.45) is 5.84 Å². The molecule has 0 aliphatic carbocycles. The maximum Gasteiger partial charge on any atom is 0.161 e. The topological polar surface area (TPSA) is 56.5 Å². The van der Waals surface area contributed by atoms with E-state index in [1.54, 1.807) is 0 Å². The molecule has 3 rings (SSSR count). The van der Waals surface area contributed by atoms with Gasteiger partial charge in [0.25, 0.3) is 0 Å². The van der Waals surface area contributed by atoms with Crippen LogP contribution in [0.2, 0.25) is 0 Å². The predicted molar refractivity (Wildman–Crippen MR) is 82.4 cm³/mol. The molecule has 4 nitrogen and oxygen atoms in total. The van der Waals surface area contributed by atoms with Crippen LogP contribution in [0.4, 0.5) is 0 Å². The molecule has 0 bridgehead atoms. The third kappa shape index (κ3) is 2.86. The summed E-state index contributed by atoms with van der Waals surface area (Å²) in [5.74, 6) is 7.36. The largest absolute Gasteiger partial charge is 0.486 e. The average molecular weight is 284 g/mol. The number of nitrogens with two attached hydrogens (primary N) is 1. The van der Waals surface area contributed by atoms with Crippen molar-refractivity contribution in [2.45, 2.75) is 19.4 Å². The lowest BCUT2D eigenvalue weighted by Crippen LogP contribution is -2.29. The number of hydrazine groups is 1. The Labute approximate surface area is 124 Å². The standard InChI is InChI=1S/C17H20N2O2/c1-2-12-4-3-5-13(10-12)17(19-18)14-6-7-15-16(11-14)21-9-8-20-15/h3-7,10-11,17,19H,2,8-9,18H2,1H3. The van der Waals surface area contributed by atoms with Crippen molar-refractivity contribution >= 4 is 0 Å². The Morgan fingerprint density at radius 3 is 2.57 bits per heavy atom. The van der Waals surface area contributed by atoms with E-state index in [1.807, 2.05) is 18.2 Å². The first-order valence-corrected chi connectivity index (χ1v) is 7.26. The Balaban J connectivity index is 1.95. The Kier molecular flexibility index (Phi) is 4.08. The Morgan fingerprint density at radius 2 is 1.81 bits per heavy atom. The molecule has 1 aliphatic rings. The highest BCUT2D eigenvalue weighted by Gasteiger charge is 2.17. The van der Waals surface area contributed by atoms with Crippen LogP contribution in [0.5, 0.6) is 11.5 Å². The van der Waals surface area contributed by atoms with Gasteiger partial charge in [-0.05, 0) is 35.2 Å². The van der Waals surface area contributed by atoms with Crippen molar-refractivity contribution < 1.29 is 9.47 Å². The quantitative estimate of drug-likeness (QED) is 0.669. The molecule has 0 saturated carbocycles. The lowest BCUT2D eigenvalue weighted by molar-refractivity contribution is 0.171. The molecular weight excluding hydrogens is 264 g/mol. The van der Waals surface area contributed by atoms with E-state index in [4.69, 9.17) is 15.3 Å². The van der Waals surface area contributed by atoms with E-state index < -0.39 is 0 Å². The first-order chi connectivity index (χ1) is 10.3. The monoisotopic (exact) mass is 284 g/mol. The molecule has 4 heteroatoms. The minimum absolute atomic E-state index is 0.0627. The van der Waals surface area contributed by atoms with Crippen LogP contribution in [0.3, 0.4) is 0 Å². The summed E-state index contributed by atoms with van der Waals surface area (Å²) >= 11 is 0. The minimum Gasteiger partial charge on any atom is -0.486 e. The third-order valence-electron chi connectivity index (χ3n) is 3.76. The molecule has 3 N–H and O–H groups in total. The van der Waals surface area contributed by atoms with Crippen molar-refractivity contribution in [3.63, 3.8) is 0 Å². The number of rotatable bonds is 4. The summed E-state index contributed by atoms with van der Waals surface area (Å²) in [6.45, 7) is 3.33. The summed E-state index contributed by atoms with van der Waals surface area (Å²) in [7, 11) is 0. The summed E-state index contributed by atoms with van der Waals surface area (Å²) in [4.78, 5) is 0. The number of benzene rings is 2. The van der Waals surface area contributed by atoms with Gasteiger partial charge in [0.1, 0.15) is 13.2 Å². The van der Waals surface area contributed by atoms with Crippen molar-refractivity contribution in [1.82, 2.24) is 5.43 Å². The fourth-order valence-corrected chi connectivity index (χ4v) is 2.62. The Bertz CT molecular complexity index is 628. The van der Waals surface area contributed by atoms with Gasteiger partial charge in [-0.25, -0.2) is 5.43 Å². The summed E-state index contributed by atoms with van der Waals surface area (Å²) in [6, 6.07) is 14.4. The average Bonchev–Trinajstić information content (AvgIpc) is 2.56. The maximum atomic E-state index is 5.78. The first kappa shape index (κ1) is 13.9. The second-order valence-corrected chi connectivity index (χ2v) is 5.10. The van der Waals surface area contributed by atoms with Gasteiger partial charge in [0, 0.05) is 0 Å². The second kappa shape index (κ2) is 6.16. The molecule has 2 aromatic carbocycles. The highest BCUT2D eigenvalue weighted by molar-refractivity contribution is 5.46. The number of hydrogen-bond acceptors (Lipinski definition) is 4. The van der Waals surface area contributed by atoms with Gasteiger partial charge < -0.3 is 9.47 Å². The maximum absolute atomic E-state index is 5.78. The van der Waals surface area contributed by atoms with Crippen molar-refractivity contribution in [1.29, 1.82) is 0 Å². The summed E-state index contributed by atoms with van der Waals surface area (Å²) in [6.07, 6.45) is 1.01. The van der Waals surface area contributed by atoms with Crippen molar-refractivity contribution in [3.8, 4) is 11.5 Å². The molecule has 0 aromatic heterocycles. The second-order valence-electron chi connectivity index (χ2n) is 5.10. The molecule has 1 aliphatic heterocycles. The van der Waals surface area contributed by atoms with Crippen LogP contribution in [0.15, 0.2) is 42.5 Å². The highest BCUT2D eigenvalue weighted by atomic mass is 16.6. The van der Waals surface area contributed by atoms with E-state index in [0.29, 0.717) is 13.2 Å². The van der Waals surface area contributed by atoms with Crippen LogP contribution < -0.4 is 20.7 Å². The lowest BCUT2D eigenvalue weighted by Gasteiger charge is -2.22. The first-order valence-electron chi connectivity index (χ1n) is 7.26. The molecule has 0 fully saturated rings. The van der Waals surface area contributed by atoms with E-state index in [2.05, 4.69) is 36.6 Å². The number of nitrogens with one attached hydrogen (secondary N) is 1. The molecule has 2 aromatic rings. The fraction of sp³-hybridized carbons (Fsp3) is 0.294. The third-order valence-corrected chi connectivity index (χ3v) is 3.76. The summed E-state index contributed by atoms with van der Waals surface area (Å²) in [5.41, 5.74) is 6.40. The SMILES string of the molecule is CCc1cccc(C(NN)c2ccc3c(c2)OCCO3)c1. The minimum atomic E-state index is -0.0627. The smallest absolute Gasteiger partial charge is 0.161 e. The zero-order valence-electron chi connectivity index (χ0n) is 12.1. The normalized spacial score (nSPS) is 14.8. The Morgan fingerprint density at radius 1 is 1.05 bits per heavy atom. The van der Waals surface area contributed by atoms with E-state index in [9.17, 15) is 0 Å². The van der Waals surface area contributed by atoms with E-state index in [0.717, 1.165) is 29.0 Å². The number of hydrogen-bond donors (Lipinski definition) is 2. The lowest BCUT2D eigenvalue weighted by atomic mass is 9.96. The summed E-state index contributed by atoms with van der Waals surface area (Å²) < 4.78 is 11.2. The molecule has 0 spiro atoms. The molecule has 1 unspecified atom stereocenters. The van der Waals surface area contributed by atoms with Crippen LogP contribution in [0, 0.1) is 0 Å². The van der Waals surface area contributed by atoms with Crippen LogP contribution in [0.1, 0.15) is 29.7 Å². The van der Waals surface area contributed by atoms with Gasteiger partial charge >= 0.3 is 0 Å². The van der Waals surface area contributed by atoms with E-state index in [-0.39, 0.29) is 6.04 Å². The highest BCUT2D eigenvalue weighted by Crippen LogP contribution is 2.34. The predicted octanol–water partition coefficient (Wildman–Crippen LogP) is 2.57. The molecule has 1 atom stereocenters. The molecule has 0 radical (unpaired) electrons. The van der Waals surface area contributed by atoms with Gasteiger partial charge in [-0.2, -0.15) is 0 Å². The van der Waals surface area contributed by atoms with E-state index in [1.165, 1.54) is 5.56 Å². The Hall–Kier alpha value is -2.04. The van der Waals surface area contributed by atoms with Gasteiger partial charge in [-0.15, -0.1) is 0 Å². The zero-order valence-corrected chi connectivity index (χ0v) is 12.1. The van der Waals surface area contributed by atoms with Crippen LogP contribution in [-0.4, -0.2) is 13.2 Å². The van der Waals surface area contributed by atoms with Crippen molar-refractivity contribution in [3.05, 3.63) is 59.2 Å². The molecule has 110 valence electrons. The van der Waals surface area contributed by atoms with Gasteiger partial charge in [0.15, 0.2) is 11.5 Å². The molecule has 0 saturated heterocycles. The van der Waals surface area contributed by atoms with Crippen LogP contribution in [-0.2, 0) is 6.42 Å². The summed E-state index contributed by atoms with van der Waals surface area (Å²) in [5, 5.41) is 0. The molecule has 1 heterocycles. The molecule has 0 amide bonds. The zero-order chi connectivity index (χ0) is 14.7. The number of ether oxygens (including phenoxy) is 2. The number of aryl methyl sites for hydroxylation is 1. The van der Waals surface area contributed by atoms with E-state index >= 15 is 0 Å². The molecular formula is C17H20N2O2. The van der Waals surface area contributed by atoms with Gasteiger partial charge in [-0.1, -0.05) is 37.3 Å². The number of fused-ring (bicyclic) bond motifs is 1. The molecule has 21 heavy (non-hydrogen) atoms. The van der Waals surface area contributed by atoms with Crippen LogP contribution in [0.25, 0.3) is 0 Å². The van der Waals surface area contributed by atoms with Crippen molar-refractivity contribution in [2.75, 3.05) is 13.2 Å². The van der Waals surface area contributed by atoms with Crippen LogP contribution >= 0.6 is 0 Å². The van der Waals surface area contributed by atoms with Gasteiger partial charge in [-0.3, -0.25) is 5.84 Å². The fourth-order valence-electron chi connectivity index (χ4n) is 2.62. The van der Waals surface area contributed by atoms with Gasteiger partial charge in [0.2, 0.25) is 0 Å².